The van der Waals surface area contributed by atoms with Crippen molar-refractivity contribution in [2.45, 2.75) is 25.9 Å². The summed E-state index contributed by atoms with van der Waals surface area (Å²) in [6.07, 6.45) is -2.90. The van der Waals surface area contributed by atoms with Crippen LogP contribution >= 0.6 is 0 Å². The molecule has 0 radical (unpaired) electrons. The van der Waals surface area contributed by atoms with Crippen LogP contribution in [0.2, 0.25) is 0 Å². The fourth-order valence-electron chi connectivity index (χ4n) is 2.83. The molecule has 156 valence electrons. The quantitative estimate of drug-likeness (QED) is 0.500. The smallest absolute Gasteiger partial charge is 0.347 e. The van der Waals surface area contributed by atoms with Gasteiger partial charge in [0.25, 0.3) is 6.43 Å². The Labute approximate surface area is 169 Å². The molecule has 0 spiro atoms. The third kappa shape index (κ3) is 4.96. The van der Waals surface area contributed by atoms with Crippen LogP contribution in [0.25, 0.3) is 10.9 Å². The molecule has 0 saturated heterocycles. The standard InChI is InChI=1S/C21H17F4N3O2/c1-21(2,30)7-6-12-8-13(22)10-14(9-12)28(11-17(24)25)19-18-15(23)4-3-5-16(18)26-20(29)27-19/h3-5,8-10,17,30H,11H2,1-2H3,(H,26,27,29). The molecule has 3 rings (SSSR count). The molecule has 0 aliphatic rings. The van der Waals surface area contributed by atoms with Crippen LogP contribution in [-0.2, 0) is 0 Å². The summed E-state index contributed by atoms with van der Waals surface area (Å²) < 4.78 is 55.4. The number of hydrogen-bond donors (Lipinski definition) is 2. The number of fused-ring (bicyclic) bond motifs is 1. The van der Waals surface area contributed by atoms with Gasteiger partial charge in [-0.05, 0) is 44.2 Å². The lowest BCUT2D eigenvalue weighted by atomic mass is 10.1. The molecular formula is C21H17F4N3O2. The minimum atomic E-state index is -2.90. The molecule has 5 nitrogen and oxygen atoms in total. The number of nitrogens with zero attached hydrogens (tertiary/aromatic N) is 2. The molecule has 0 saturated carbocycles. The highest BCUT2D eigenvalue weighted by Crippen LogP contribution is 2.32. The van der Waals surface area contributed by atoms with Crippen LogP contribution in [0.15, 0.2) is 41.2 Å². The Morgan fingerprint density at radius 2 is 1.97 bits per heavy atom. The van der Waals surface area contributed by atoms with Crippen molar-refractivity contribution in [2.24, 2.45) is 0 Å². The van der Waals surface area contributed by atoms with Crippen molar-refractivity contribution in [3.8, 4) is 11.8 Å². The molecule has 0 bridgehead atoms. The van der Waals surface area contributed by atoms with Gasteiger partial charge < -0.3 is 15.0 Å². The van der Waals surface area contributed by atoms with E-state index in [0.717, 1.165) is 23.1 Å². The molecule has 3 aromatic rings. The average molecular weight is 419 g/mol. The molecule has 9 heteroatoms. The third-order valence-electron chi connectivity index (χ3n) is 3.97. The molecule has 0 unspecified atom stereocenters. The molecule has 1 aromatic heterocycles. The van der Waals surface area contributed by atoms with E-state index >= 15 is 0 Å². The van der Waals surface area contributed by atoms with Gasteiger partial charge in [0.2, 0.25) is 0 Å². The van der Waals surface area contributed by atoms with E-state index in [1.54, 1.807) is 0 Å². The second-order valence-corrected chi connectivity index (χ2v) is 7.04. The zero-order chi connectivity index (χ0) is 22.1. The van der Waals surface area contributed by atoms with Crippen molar-refractivity contribution in [3.05, 3.63) is 64.1 Å². The van der Waals surface area contributed by atoms with E-state index in [1.165, 1.54) is 32.0 Å². The zero-order valence-corrected chi connectivity index (χ0v) is 16.0. The fraction of sp³-hybridized carbons (Fsp3) is 0.238. The number of nitrogens with one attached hydrogen (secondary N) is 1. The number of anilines is 2. The lowest BCUT2D eigenvalue weighted by Crippen LogP contribution is -2.28. The van der Waals surface area contributed by atoms with Crippen LogP contribution in [0, 0.1) is 23.5 Å². The highest BCUT2D eigenvalue weighted by atomic mass is 19.3. The van der Waals surface area contributed by atoms with Crippen molar-refractivity contribution in [1.29, 1.82) is 0 Å². The number of aromatic nitrogens is 2. The molecular weight excluding hydrogens is 402 g/mol. The lowest BCUT2D eigenvalue weighted by molar-refractivity contribution is 0.143. The van der Waals surface area contributed by atoms with Gasteiger partial charge in [0, 0.05) is 11.3 Å². The van der Waals surface area contributed by atoms with E-state index in [0.29, 0.717) is 0 Å². The number of H-pyrrole nitrogens is 1. The molecule has 0 amide bonds. The summed E-state index contributed by atoms with van der Waals surface area (Å²) in [6, 6.07) is 7.15. The predicted molar refractivity (Wildman–Crippen MR) is 105 cm³/mol. The lowest BCUT2D eigenvalue weighted by Gasteiger charge is -2.25. The largest absolute Gasteiger partial charge is 0.378 e. The number of aromatic amines is 1. The van der Waals surface area contributed by atoms with Gasteiger partial charge in [0.15, 0.2) is 5.82 Å². The normalized spacial score (nSPS) is 11.5. The summed E-state index contributed by atoms with van der Waals surface area (Å²) in [7, 11) is 0. The highest BCUT2D eigenvalue weighted by Gasteiger charge is 2.22. The van der Waals surface area contributed by atoms with Gasteiger partial charge >= 0.3 is 5.69 Å². The van der Waals surface area contributed by atoms with Crippen molar-refractivity contribution in [2.75, 3.05) is 11.4 Å². The predicted octanol–water partition coefficient (Wildman–Crippen LogP) is 3.73. The monoisotopic (exact) mass is 419 g/mol. The molecule has 0 fully saturated rings. The Bertz CT molecular complexity index is 1210. The number of rotatable bonds is 4. The Kier molecular flexibility index (Phi) is 5.80. The number of aliphatic hydroxyl groups is 1. The molecule has 2 aromatic carbocycles. The maximum Gasteiger partial charge on any atom is 0.347 e. The van der Waals surface area contributed by atoms with Gasteiger partial charge in [-0.25, -0.2) is 22.4 Å². The van der Waals surface area contributed by atoms with Crippen LogP contribution in [0.5, 0.6) is 0 Å². The second-order valence-electron chi connectivity index (χ2n) is 7.04. The maximum atomic E-state index is 14.5. The van der Waals surface area contributed by atoms with Gasteiger partial charge in [0.05, 0.1) is 17.4 Å². The summed E-state index contributed by atoms with van der Waals surface area (Å²) in [4.78, 5) is 18.8. The van der Waals surface area contributed by atoms with E-state index in [2.05, 4.69) is 21.8 Å². The van der Waals surface area contributed by atoms with Crippen LogP contribution < -0.4 is 10.6 Å². The van der Waals surface area contributed by atoms with Crippen molar-refractivity contribution in [1.82, 2.24) is 9.97 Å². The van der Waals surface area contributed by atoms with Crippen LogP contribution in [0.1, 0.15) is 19.4 Å². The third-order valence-corrected chi connectivity index (χ3v) is 3.97. The zero-order valence-electron chi connectivity index (χ0n) is 16.0. The summed E-state index contributed by atoms with van der Waals surface area (Å²) in [5.74, 6) is 3.12. The Hall–Kier alpha value is -3.38. The minimum Gasteiger partial charge on any atom is -0.378 e. The van der Waals surface area contributed by atoms with Crippen LogP contribution in [-0.4, -0.2) is 33.6 Å². The number of benzene rings is 2. The summed E-state index contributed by atoms with van der Waals surface area (Å²) in [5, 5.41) is 9.55. The van der Waals surface area contributed by atoms with E-state index in [-0.39, 0.29) is 28.0 Å². The van der Waals surface area contributed by atoms with Gasteiger partial charge in [-0.2, -0.15) is 4.98 Å². The molecule has 1 heterocycles. The molecule has 0 aliphatic carbocycles. The molecule has 30 heavy (non-hydrogen) atoms. The average Bonchev–Trinajstić information content (AvgIpc) is 2.62. The Morgan fingerprint density at radius 1 is 1.23 bits per heavy atom. The van der Waals surface area contributed by atoms with E-state index in [9.17, 15) is 27.5 Å². The van der Waals surface area contributed by atoms with Crippen molar-refractivity contribution in [3.63, 3.8) is 0 Å². The number of alkyl halides is 2. The first-order valence-corrected chi connectivity index (χ1v) is 8.84. The molecule has 0 aliphatic heterocycles. The summed E-state index contributed by atoms with van der Waals surface area (Å²) in [5.41, 5.74) is -2.18. The Balaban J connectivity index is 2.25. The Morgan fingerprint density at radius 3 is 2.63 bits per heavy atom. The van der Waals surface area contributed by atoms with Gasteiger partial charge in [-0.1, -0.05) is 17.9 Å². The van der Waals surface area contributed by atoms with Crippen LogP contribution in [0.4, 0.5) is 29.1 Å². The molecule has 2 N–H and O–H groups in total. The van der Waals surface area contributed by atoms with E-state index < -0.39 is 35.9 Å². The van der Waals surface area contributed by atoms with Crippen LogP contribution in [0.3, 0.4) is 0 Å². The summed E-state index contributed by atoms with van der Waals surface area (Å²) in [6.45, 7) is 1.89. The minimum absolute atomic E-state index is 0.0581. The van der Waals surface area contributed by atoms with Gasteiger partial charge in [-0.3, -0.25) is 0 Å². The number of hydrogen-bond acceptors (Lipinski definition) is 4. The topological polar surface area (TPSA) is 69.2 Å². The maximum absolute atomic E-state index is 14.5. The fourth-order valence-corrected chi connectivity index (χ4v) is 2.83. The molecule has 0 atom stereocenters. The summed E-state index contributed by atoms with van der Waals surface area (Å²) >= 11 is 0. The first-order chi connectivity index (χ1) is 14.0. The first-order valence-electron chi connectivity index (χ1n) is 8.84. The van der Waals surface area contributed by atoms with Gasteiger partial charge in [-0.15, -0.1) is 0 Å². The van der Waals surface area contributed by atoms with E-state index in [1.807, 2.05) is 0 Å². The van der Waals surface area contributed by atoms with E-state index in [4.69, 9.17) is 0 Å². The van der Waals surface area contributed by atoms with Crippen molar-refractivity contribution >= 4 is 22.4 Å². The van der Waals surface area contributed by atoms with Crippen molar-refractivity contribution < 1.29 is 22.7 Å². The SMILES string of the molecule is CC(C)(O)C#Cc1cc(F)cc(N(CC(F)F)c2nc(=O)[nH]c3cccc(F)c23)c1. The number of halogens is 4. The highest BCUT2D eigenvalue weighted by molar-refractivity contribution is 5.92. The second kappa shape index (κ2) is 8.16. The first kappa shape index (κ1) is 21.3. The van der Waals surface area contributed by atoms with Gasteiger partial charge in [0.1, 0.15) is 17.2 Å².